The third kappa shape index (κ3) is 4.82. The summed E-state index contributed by atoms with van der Waals surface area (Å²) < 4.78 is 0. The molecule has 0 unspecified atom stereocenters. The largest absolute Gasteiger partial charge is 0.104 e. The van der Waals surface area contributed by atoms with Crippen molar-refractivity contribution in [3.63, 3.8) is 0 Å². The number of hydrogen-bond acceptors (Lipinski definition) is 0. The highest BCUT2D eigenvalue weighted by atomic mass is 127. The molecule has 0 saturated heterocycles. The lowest BCUT2D eigenvalue weighted by Crippen LogP contribution is -2.20. The molecule has 0 aliphatic carbocycles. The van der Waals surface area contributed by atoms with Gasteiger partial charge >= 0.3 is 0 Å². The van der Waals surface area contributed by atoms with Crippen molar-refractivity contribution in [1.29, 1.82) is 0 Å². The number of rotatable bonds is 3. The predicted octanol–water partition coefficient (Wildman–Crippen LogP) is 10.2. The Labute approximate surface area is 210 Å². The van der Waals surface area contributed by atoms with Gasteiger partial charge in [-0.15, -0.1) is 7.20 Å². The molecule has 0 N–H and O–H groups in total. The molecule has 2 heteroatoms. The predicted molar refractivity (Wildman–Crippen MR) is 152 cm³/mol. The Kier molecular flexibility index (Phi) is 7.00. The van der Waals surface area contributed by atoms with E-state index in [2.05, 4.69) is 156 Å². The average Bonchev–Trinajstić information content (AvgIpc) is 2.71. The second kappa shape index (κ2) is 8.83. The van der Waals surface area contributed by atoms with E-state index in [-0.39, 0.29) is 16.2 Å². The lowest BCUT2D eigenvalue weighted by Gasteiger charge is -2.44. The van der Waals surface area contributed by atoms with E-state index in [0.717, 1.165) is 0 Å². The first kappa shape index (κ1) is 25.4. The Morgan fingerprint density at radius 2 is 0.656 bits per heavy atom. The Morgan fingerprint density at radius 3 is 0.875 bits per heavy atom. The van der Waals surface area contributed by atoms with Gasteiger partial charge in [-0.05, 0) is 72.3 Å². The summed E-state index contributed by atoms with van der Waals surface area (Å²) in [6.45, 7) is 21.1. The maximum Gasteiger partial charge on any atom is 0.0108 e. The molecule has 3 aromatic carbocycles. The van der Waals surface area contributed by atoms with Crippen molar-refractivity contribution >= 4 is 28.4 Å². The molecule has 32 heavy (non-hydrogen) atoms. The molecule has 0 radical (unpaired) electrons. The maximum absolute atomic E-state index is 2.85. The Balaban J connectivity index is 2.54. The van der Waals surface area contributed by atoms with Crippen molar-refractivity contribution in [2.24, 2.45) is 0 Å². The van der Waals surface area contributed by atoms with Crippen molar-refractivity contribution in [1.82, 2.24) is 0 Å². The fourth-order valence-electron chi connectivity index (χ4n) is 4.35. The number of hydrogen-bond donors (Lipinski definition) is 0. The van der Waals surface area contributed by atoms with Crippen LogP contribution in [0.2, 0.25) is 0 Å². The van der Waals surface area contributed by atoms with Crippen LogP contribution in [0.15, 0.2) is 87.5 Å². The van der Waals surface area contributed by atoms with E-state index in [0.29, 0.717) is 0 Å². The average molecular weight is 559 g/mol. The highest BCUT2D eigenvalue weighted by molar-refractivity contribution is 14.2. The van der Waals surface area contributed by atoms with Crippen molar-refractivity contribution in [3.8, 4) is 0 Å². The van der Waals surface area contributed by atoms with Gasteiger partial charge in [0.25, 0.3) is 0 Å². The quantitative estimate of drug-likeness (QED) is 0.281. The first-order chi connectivity index (χ1) is 14.7. The van der Waals surface area contributed by atoms with Crippen LogP contribution in [0.4, 0.5) is 0 Å². The van der Waals surface area contributed by atoms with Crippen LogP contribution in [-0.2, 0) is 16.2 Å². The van der Waals surface area contributed by atoms with E-state index in [1.165, 1.54) is 31.4 Å². The molecule has 3 aromatic rings. The fraction of sp³-hybridized carbons (Fsp3) is 0.400. The second-order valence-corrected chi connectivity index (χ2v) is 18.1. The van der Waals surface area contributed by atoms with Crippen molar-refractivity contribution in [3.05, 3.63) is 89.5 Å². The molecule has 0 nitrogen and oxygen atoms in total. The van der Waals surface area contributed by atoms with Crippen molar-refractivity contribution < 1.29 is 0 Å². The zero-order valence-corrected chi connectivity index (χ0v) is 24.2. The van der Waals surface area contributed by atoms with Crippen LogP contribution >= 0.6 is 28.4 Å². The van der Waals surface area contributed by atoms with Gasteiger partial charge in [0.15, 0.2) is 0 Å². The number of benzene rings is 3. The monoisotopic (exact) mass is 558 g/mol. The Morgan fingerprint density at radius 1 is 0.438 bits per heavy atom. The van der Waals surface area contributed by atoms with Gasteiger partial charge in [-0.25, -0.2) is 0 Å². The van der Waals surface area contributed by atoms with E-state index in [4.69, 9.17) is 0 Å². The van der Waals surface area contributed by atoms with Crippen molar-refractivity contribution in [2.75, 3.05) is 0 Å². The molecule has 0 fully saturated rings. The third-order valence-electron chi connectivity index (χ3n) is 5.99. The van der Waals surface area contributed by atoms with E-state index in [1.54, 1.807) is 0 Å². The van der Waals surface area contributed by atoms with Crippen LogP contribution in [0.5, 0.6) is 0 Å². The van der Waals surface area contributed by atoms with E-state index in [9.17, 15) is 0 Å². The molecule has 172 valence electrons. The summed E-state index contributed by atoms with van der Waals surface area (Å²) in [6, 6.07) is 27.5. The second-order valence-electron chi connectivity index (χ2n) is 11.8. The molecule has 0 bridgehead atoms. The molecule has 0 aromatic heterocycles. The summed E-state index contributed by atoms with van der Waals surface area (Å²) in [5.74, 6) is 0. The van der Waals surface area contributed by atoms with Gasteiger partial charge in [-0.2, -0.15) is 0 Å². The van der Waals surface area contributed by atoms with Gasteiger partial charge in [-0.3, -0.25) is 0 Å². The standard InChI is InChI=1S/C30H39IS/c1-28(2,3)22-16-10-13-19-25(22)32(31,26-20-14-11-17-23(26)29(4,5)6)27-21-15-12-18-24(27)30(7,8)9/h10-21H,1-9H3. The van der Waals surface area contributed by atoms with Gasteiger partial charge < -0.3 is 0 Å². The van der Waals surface area contributed by atoms with E-state index < -0.39 is 7.20 Å². The molecular formula is C30H39IS. The molecule has 0 aliphatic rings. The Bertz CT molecular complexity index is 951. The molecule has 0 spiro atoms. The summed E-state index contributed by atoms with van der Waals surface area (Å²) in [4.78, 5) is 4.42. The molecule has 0 heterocycles. The smallest absolute Gasteiger partial charge is 0.0108 e. The molecular weight excluding hydrogens is 519 g/mol. The minimum absolute atomic E-state index is 0.0629. The number of halogens is 1. The minimum atomic E-state index is -1.55. The van der Waals surface area contributed by atoms with Crippen LogP contribution < -0.4 is 0 Å². The highest BCUT2D eigenvalue weighted by Gasteiger charge is 2.38. The van der Waals surface area contributed by atoms with E-state index in [1.807, 2.05) is 0 Å². The molecule has 0 atom stereocenters. The normalized spacial score (nSPS) is 13.8. The minimum Gasteiger partial charge on any atom is -0.104 e. The van der Waals surface area contributed by atoms with Crippen LogP contribution in [0.25, 0.3) is 0 Å². The molecule has 3 rings (SSSR count). The first-order valence-electron chi connectivity index (χ1n) is 11.5. The zero-order valence-electron chi connectivity index (χ0n) is 21.2. The van der Waals surface area contributed by atoms with Gasteiger partial charge in [0, 0.05) is 14.7 Å². The lowest BCUT2D eigenvalue weighted by molar-refractivity contribution is 0.571. The first-order valence-corrected chi connectivity index (χ1v) is 15.7. The van der Waals surface area contributed by atoms with E-state index >= 15 is 0 Å². The lowest BCUT2D eigenvalue weighted by atomic mass is 9.87. The topological polar surface area (TPSA) is 0 Å². The molecule has 0 saturated carbocycles. The van der Waals surface area contributed by atoms with Gasteiger partial charge in [0.05, 0.1) is 0 Å². The fourth-order valence-corrected chi connectivity index (χ4v) is 11.3. The SMILES string of the molecule is CC(C)(C)c1ccccc1S(I)(c1ccccc1C(C)(C)C)c1ccccc1C(C)(C)C. The van der Waals surface area contributed by atoms with Gasteiger partial charge in [0.1, 0.15) is 0 Å². The van der Waals surface area contributed by atoms with Crippen LogP contribution in [0.1, 0.15) is 79.0 Å². The maximum atomic E-state index is 2.85. The summed E-state index contributed by atoms with van der Waals surface area (Å²) in [5, 5.41) is 0. The van der Waals surface area contributed by atoms with Gasteiger partial charge in [-0.1, -0.05) is 117 Å². The van der Waals surface area contributed by atoms with Crippen LogP contribution in [0.3, 0.4) is 0 Å². The van der Waals surface area contributed by atoms with Crippen LogP contribution in [0, 0.1) is 0 Å². The summed E-state index contributed by atoms with van der Waals surface area (Å²) in [6.07, 6.45) is 0. The third-order valence-corrected chi connectivity index (χ3v) is 13.2. The summed E-state index contributed by atoms with van der Waals surface area (Å²) in [5.41, 5.74) is 4.51. The zero-order chi connectivity index (χ0) is 23.9. The van der Waals surface area contributed by atoms with Gasteiger partial charge in [0.2, 0.25) is 0 Å². The Hall–Kier alpha value is -1.26. The summed E-state index contributed by atoms with van der Waals surface area (Å²) in [7, 11) is -1.55. The molecule has 0 amide bonds. The highest BCUT2D eigenvalue weighted by Crippen LogP contribution is 2.77. The summed E-state index contributed by atoms with van der Waals surface area (Å²) >= 11 is 2.85. The van der Waals surface area contributed by atoms with Crippen molar-refractivity contribution in [2.45, 2.75) is 93.2 Å². The molecule has 0 aliphatic heterocycles. The van der Waals surface area contributed by atoms with Crippen LogP contribution in [-0.4, -0.2) is 0 Å².